The van der Waals surface area contributed by atoms with Crippen molar-refractivity contribution < 1.29 is 24.2 Å². The Bertz CT molecular complexity index is 453. The Kier molecular flexibility index (Phi) is 4.51. The predicted octanol–water partition coefficient (Wildman–Crippen LogP) is -0.195. The highest BCUT2D eigenvalue weighted by molar-refractivity contribution is 5.90. The van der Waals surface area contributed by atoms with Crippen LogP contribution in [0.5, 0.6) is 0 Å². The van der Waals surface area contributed by atoms with Crippen LogP contribution in [0.1, 0.15) is 19.8 Å². The number of hydrogen-bond donors (Lipinski definition) is 1. The van der Waals surface area contributed by atoms with E-state index in [4.69, 9.17) is 4.74 Å². The summed E-state index contributed by atoms with van der Waals surface area (Å²) < 4.78 is 5.01. The fourth-order valence-electron chi connectivity index (χ4n) is 3.19. The van der Waals surface area contributed by atoms with Gasteiger partial charge in [0.05, 0.1) is 12.5 Å². The van der Waals surface area contributed by atoms with Crippen molar-refractivity contribution in [2.75, 3.05) is 39.9 Å². The fourth-order valence-corrected chi connectivity index (χ4v) is 3.19. The van der Waals surface area contributed by atoms with Gasteiger partial charge in [0.1, 0.15) is 5.41 Å². The molecule has 0 bridgehead atoms. The first kappa shape index (κ1) is 15.8. The molecule has 2 aliphatic rings. The van der Waals surface area contributed by atoms with E-state index in [2.05, 4.69) is 0 Å². The smallest absolute Gasteiger partial charge is 0.313 e. The molecule has 2 heterocycles. The molecule has 2 unspecified atom stereocenters. The van der Waals surface area contributed by atoms with Gasteiger partial charge in [0.25, 0.3) is 0 Å². The van der Waals surface area contributed by atoms with E-state index in [1.807, 2.05) is 6.92 Å². The zero-order valence-electron chi connectivity index (χ0n) is 12.5. The lowest BCUT2D eigenvalue weighted by atomic mass is 9.88. The van der Waals surface area contributed by atoms with Crippen LogP contribution in [0.25, 0.3) is 0 Å². The number of rotatable bonds is 5. The minimum atomic E-state index is -1.02. The van der Waals surface area contributed by atoms with Crippen molar-refractivity contribution in [3.63, 3.8) is 0 Å². The molecule has 0 spiro atoms. The molecule has 0 aromatic rings. The molecule has 21 heavy (non-hydrogen) atoms. The lowest BCUT2D eigenvalue weighted by Crippen LogP contribution is -2.42. The second-order valence-electron chi connectivity index (χ2n) is 5.86. The van der Waals surface area contributed by atoms with Gasteiger partial charge in [-0.2, -0.15) is 0 Å². The minimum Gasteiger partial charge on any atom is -0.481 e. The molecule has 1 N–H and O–H groups in total. The predicted molar refractivity (Wildman–Crippen MR) is 73.5 cm³/mol. The summed E-state index contributed by atoms with van der Waals surface area (Å²) in [7, 11) is 1.46. The van der Waals surface area contributed by atoms with Gasteiger partial charge in [-0.15, -0.1) is 0 Å². The molecule has 0 saturated carbocycles. The number of carboxylic acids is 1. The van der Waals surface area contributed by atoms with Crippen molar-refractivity contribution >= 4 is 17.8 Å². The maximum atomic E-state index is 12.5. The Morgan fingerprint density at radius 2 is 2.19 bits per heavy atom. The van der Waals surface area contributed by atoms with Crippen molar-refractivity contribution in [2.24, 2.45) is 11.3 Å². The van der Waals surface area contributed by atoms with E-state index in [-0.39, 0.29) is 37.3 Å². The molecule has 7 heteroatoms. The van der Waals surface area contributed by atoms with Crippen LogP contribution >= 0.6 is 0 Å². The van der Waals surface area contributed by atoms with Gasteiger partial charge in [-0.3, -0.25) is 14.4 Å². The van der Waals surface area contributed by atoms with E-state index in [1.54, 1.807) is 9.80 Å². The molecule has 0 radical (unpaired) electrons. The monoisotopic (exact) mass is 298 g/mol. The van der Waals surface area contributed by atoms with Crippen molar-refractivity contribution in [3.05, 3.63) is 0 Å². The summed E-state index contributed by atoms with van der Waals surface area (Å²) in [6.45, 7) is 3.59. The summed E-state index contributed by atoms with van der Waals surface area (Å²) in [6, 6.07) is 0. The highest BCUT2D eigenvalue weighted by Gasteiger charge is 2.48. The third-order valence-electron chi connectivity index (χ3n) is 4.49. The van der Waals surface area contributed by atoms with E-state index in [0.29, 0.717) is 26.1 Å². The molecule has 2 saturated heterocycles. The maximum absolute atomic E-state index is 12.5. The highest BCUT2D eigenvalue weighted by atomic mass is 16.5. The number of aliphatic carboxylic acids is 1. The molecular formula is C14H22N2O5. The molecule has 2 atom stereocenters. The number of amides is 2. The minimum absolute atomic E-state index is 0.00330. The van der Waals surface area contributed by atoms with Crippen molar-refractivity contribution in [1.29, 1.82) is 0 Å². The molecule has 0 aliphatic carbocycles. The van der Waals surface area contributed by atoms with Gasteiger partial charge in [0.15, 0.2) is 0 Å². The van der Waals surface area contributed by atoms with E-state index in [9.17, 15) is 19.5 Å². The Morgan fingerprint density at radius 1 is 1.48 bits per heavy atom. The van der Waals surface area contributed by atoms with Gasteiger partial charge >= 0.3 is 5.97 Å². The number of carboxylic acid groups (broad SMARTS) is 1. The second-order valence-corrected chi connectivity index (χ2v) is 5.86. The Morgan fingerprint density at radius 3 is 2.71 bits per heavy atom. The van der Waals surface area contributed by atoms with E-state index >= 15 is 0 Å². The number of carbonyl (C=O) groups excluding carboxylic acids is 2. The van der Waals surface area contributed by atoms with E-state index in [1.165, 1.54) is 7.11 Å². The first-order valence-corrected chi connectivity index (χ1v) is 7.22. The van der Waals surface area contributed by atoms with Crippen LogP contribution in [-0.2, 0) is 19.1 Å². The summed E-state index contributed by atoms with van der Waals surface area (Å²) in [5.41, 5.74) is -1.02. The normalized spacial score (nSPS) is 29.2. The Labute approximate surface area is 123 Å². The van der Waals surface area contributed by atoms with Gasteiger partial charge in [-0.1, -0.05) is 0 Å². The molecule has 0 aromatic heterocycles. The molecule has 2 amide bonds. The standard InChI is InChI=1S/C14H22N2O5/c1-3-15-7-10(6-11(15)17)12(18)16-5-4-14(8-16,9-21-2)13(19)20/h10H,3-9H2,1-2H3,(H,19,20). The Balaban J connectivity index is 2.02. The number of carbonyl (C=O) groups is 3. The maximum Gasteiger partial charge on any atom is 0.313 e. The van der Waals surface area contributed by atoms with Crippen LogP contribution in [-0.4, -0.2) is 72.6 Å². The topological polar surface area (TPSA) is 87.2 Å². The van der Waals surface area contributed by atoms with Crippen LogP contribution in [0.3, 0.4) is 0 Å². The molecule has 118 valence electrons. The number of methoxy groups -OCH3 is 1. The highest BCUT2D eigenvalue weighted by Crippen LogP contribution is 2.33. The van der Waals surface area contributed by atoms with Gasteiger partial charge < -0.3 is 19.6 Å². The summed E-state index contributed by atoms with van der Waals surface area (Å²) >= 11 is 0. The summed E-state index contributed by atoms with van der Waals surface area (Å²) in [5, 5.41) is 9.40. The van der Waals surface area contributed by atoms with Crippen molar-refractivity contribution in [2.45, 2.75) is 19.8 Å². The zero-order valence-corrected chi connectivity index (χ0v) is 12.5. The van der Waals surface area contributed by atoms with Crippen molar-refractivity contribution in [3.8, 4) is 0 Å². The van der Waals surface area contributed by atoms with Crippen molar-refractivity contribution in [1.82, 2.24) is 9.80 Å². The third-order valence-corrected chi connectivity index (χ3v) is 4.49. The third kappa shape index (κ3) is 2.88. The molecule has 2 rings (SSSR count). The average molecular weight is 298 g/mol. The fraction of sp³-hybridized carbons (Fsp3) is 0.786. The van der Waals surface area contributed by atoms with Crippen LogP contribution < -0.4 is 0 Å². The lowest BCUT2D eigenvalue weighted by molar-refractivity contribution is -0.152. The number of ether oxygens (including phenoxy) is 1. The summed E-state index contributed by atoms with van der Waals surface area (Å²) in [6.07, 6.45) is 0.619. The number of hydrogen-bond acceptors (Lipinski definition) is 4. The summed E-state index contributed by atoms with van der Waals surface area (Å²) in [5.74, 6) is -1.39. The lowest BCUT2D eigenvalue weighted by Gasteiger charge is -2.25. The quantitative estimate of drug-likeness (QED) is 0.760. The van der Waals surface area contributed by atoms with Gasteiger partial charge in [0.2, 0.25) is 11.8 Å². The van der Waals surface area contributed by atoms with Crippen LogP contribution in [0.15, 0.2) is 0 Å². The van der Waals surface area contributed by atoms with Crippen LogP contribution in [0, 0.1) is 11.3 Å². The van der Waals surface area contributed by atoms with Gasteiger partial charge in [0, 0.05) is 39.7 Å². The molecule has 2 aliphatic heterocycles. The Hall–Kier alpha value is -1.63. The largest absolute Gasteiger partial charge is 0.481 e. The summed E-state index contributed by atoms with van der Waals surface area (Å²) in [4.78, 5) is 38.9. The second kappa shape index (κ2) is 6.01. The van der Waals surface area contributed by atoms with E-state index < -0.39 is 11.4 Å². The molecule has 2 fully saturated rings. The zero-order chi connectivity index (χ0) is 15.6. The SMILES string of the molecule is CCN1CC(C(=O)N2CCC(COC)(C(=O)O)C2)CC1=O. The van der Waals surface area contributed by atoms with Gasteiger partial charge in [-0.25, -0.2) is 0 Å². The first-order valence-electron chi connectivity index (χ1n) is 7.22. The average Bonchev–Trinajstić information content (AvgIpc) is 3.03. The van der Waals surface area contributed by atoms with Crippen LogP contribution in [0.2, 0.25) is 0 Å². The molecule has 7 nitrogen and oxygen atoms in total. The number of likely N-dealkylation sites (tertiary alicyclic amines) is 2. The molecule has 0 aromatic carbocycles. The van der Waals surface area contributed by atoms with E-state index in [0.717, 1.165) is 0 Å². The van der Waals surface area contributed by atoms with Crippen LogP contribution in [0.4, 0.5) is 0 Å². The molecular weight excluding hydrogens is 276 g/mol. The first-order chi connectivity index (χ1) is 9.93. The van der Waals surface area contributed by atoms with Gasteiger partial charge in [-0.05, 0) is 13.3 Å². The number of nitrogens with zero attached hydrogens (tertiary/aromatic N) is 2.